The Labute approximate surface area is 138 Å². The van der Waals surface area contributed by atoms with Gasteiger partial charge >= 0.3 is 0 Å². The predicted octanol–water partition coefficient (Wildman–Crippen LogP) is 6.73. The molecule has 1 atom stereocenters. The van der Waals surface area contributed by atoms with E-state index >= 15 is 0 Å². The van der Waals surface area contributed by atoms with Crippen molar-refractivity contribution in [3.8, 4) is 0 Å². The molecule has 0 heterocycles. The van der Waals surface area contributed by atoms with Crippen LogP contribution in [0.25, 0.3) is 0 Å². The van der Waals surface area contributed by atoms with Gasteiger partial charge in [-0.2, -0.15) is 0 Å². The summed E-state index contributed by atoms with van der Waals surface area (Å²) < 4.78 is 6.05. The van der Waals surface area contributed by atoms with Gasteiger partial charge in [0.1, 0.15) is 0 Å². The van der Waals surface area contributed by atoms with Gasteiger partial charge in [-0.05, 0) is 24.8 Å². The third kappa shape index (κ3) is 5.43. The number of unbranched alkanes of at least 4 members (excludes halogenated alkanes) is 5. The molecule has 0 aliphatic heterocycles. The minimum absolute atomic E-state index is 0.00915. The van der Waals surface area contributed by atoms with Gasteiger partial charge in [-0.15, -0.1) is 0 Å². The summed E-state index contributed by atoms with van der Waals surface area (Å²) in [5.74, 6) is 0.514. The van der Waals surface area contributed by atoms with Crippen LogP contribution in [-0.4, -0.2) is 12.7 Å². The van der Waals surface area contributed by atoms with Crippen molar-refractivity contribution in [3.05, 3.63) is 35.9 Å². The van der Waals surface area contributed by atoms with Crippen molar-refractivity contribution in [3.63, 3.8) is 0 Å². The lowest BCUT2D eigenvalue weighted by atomic mass is 9.75. The molecule has 0 N–H and O–H groups in total. The summed E-state index contributed by atoms with van der Waals surface area (Å²) in [4.78, 5) is 0. The zero-order valence-corrected chi connectivity index (χ0v) is 15.2. The maximum Gasteiger partial charge on any atom is 0.0741 e. The maximum atomic E-state index is 6.05. The Balaban J connectivity index is 2.71. The van der Waals surface area contributed by atoms with Crippen LogP contribution in [-0.2, 0) is 4.74 Å². The van der Waals surface area contributed by atoms with E-state index in [4.69, 9.17) is 4.74 Å². The highest BCUT2D eigenvalue weighted by atomic mass is 16.5. The first-order valence-electron chi connectivity index (χ1n) is 9.34. The standard InChI is InChI=1S/C21H36O/c1-5-8-9-10-11-15-18-20(19-16-13-12-14-17-19)21(6-2,7-3)22-4/h12-14,16-17,20H,5-11,15,18H2,1-4H3. The van der Waals surface area contributed by atoms with Crippen LogP contribution in [0.3, 0.4) is 0 Å². The zero-order valence-electron chi connectivity index (χ0n) is 15.2. The van der Waals surface area contributed by atoms with Gasteiger partial charge in [0.15, 0.2) is 0 Å². The minimum Gasteiger partial charge on any atom is -0.378 e. The summed E-state index contributed by atoms with van der Waals surface area (Å²) in [5, 5.41) is 0. The summed E-state index contributed by atoms with van der Waals surface area (Å²) in [6.45, 7) is 6.81. The lowest BCUT2D eigenvalue weighted by Gasteiger charge is -2.39. The molecule has 1 aromatic carbocycles. The van der Waals surface area contributed by atoms with E-state index in [9.17, 15) is 0 Å². The Hall–Kier alpha value is -0.820. The van der Waals surface area contributed by atoms with E-state index in [0.717, 1.165) is 12.8 Å². The minimum atomic E-state index is -0.00915. The van der Waals surface area contributed by atoms with Crippen LogP contribution < -0.4 is 0 Å². The summed E-state index contributed by atoms with van der Waals surface area (Å²) in [6.07, 6.45) is 11.6. The van der Waals surface area contributed by atoms with Crippen LogP contribution in [0, 0.1) is 0 Å². The molecule has 0 saturated carbocycles. The number of hydrogen-bond donors (Lipinski definition) is 0. The molecule has 0 aromatic heterocycles. The quantitative estimate of drug-likeness (QED) is 0.389. The number of benzene rings is 1. The Morgan fingerprint density at radius 3 is 2.00 bits per heavy atom. The number of rotatable bonds is 12. The molecule has 0 amide bonds. The lowest BCUT2D eigenvalue weighted by Crippen LogP contribution is -2.37. The second kappa shape index (κ2) is 10.8. The molecule has 0 spiro atoms. The van der Waals surface area contributed by atoms with Gasteiger partial charge in [0.05, 0.1) is 5.60 Å². The fraction of sp³-hybridized carbons (Fsp3) is 0.714. The lowest BCUT2D eigenvalue weighted by molar-refractivity contribution is -0.0425. The van der Waals surface area contributed by atoms with E-state index in [1.807, 2.05) is 7.11 Å². The molecule has 0 fully saturated rings. The molecule has 0 saturated heterocycles. The molecular weight excluding hydrogens is 268 g/mol. The third-order valence-electron chi connectivity index (χ3n) is 5.29. The van der Waals surface area contributed by atoms with Gasteiger partial charge in [0.25, 0.3) is 0 Å². The van der Waals surface area contributed by atoms with Crippen LogP contribution in [0.5, 0.6) is 0 Å². The Bertz CT molecular complexity index is 358. The van der Waals surface area contributed by atoms with E-state index in [-0.39, 0.29) is 5.60 Å². The largest absolute Gasteiger partial charge is 0.378 e. The van der Waals surface area contributed by atoms with E-state index in [1.54, 1.807) is 0 Å². The summed E-state index contributed by atoms with van der Waals surface area (Å²) in [5.41, 5.74) is 1.44. The highest BCUT2D eigenvalue weighted by Crippen LogP contribution is 2.40. The first-order chi connectivity index (χ1) is 10.7. The molecule has 0 aliphatic carbocycles. The fourth-order valence-corrected chi connectivity index (χ4v) is 3.72. The van der Waals surface area contributed by atoms with Gasteiger partial charge in [-0.1, -0.05) is 89.6 Å². The van der Waals surface area contributed by atoms with Gasteiger partial charge in [-0.3, -0.25) is 0 Å². The van der Waals surface area contributed by atoms with E-state index < -0.39 is 0 Å². The van der Waals surface area contributed by atoms with Gasteiger partial charge < -0.3 is 4.74 Å². The van der Waals surface area contributed by atoms with Gasteiger partial charge in [0, 0.05) is 13.0 Å². The molecule has 22 heavy (non-hydrogen) atoms. The second-order valence-electron chi connectivity index (χ2n) is 6.50. The van der Waals surface area contributed by atoms with E-state index in [0.29, 0.717) is 5.92 Å². The second-order valence-corrected chi connectivity index (χ2v) is 6.50. The van der Waals surface area contributed by atoms with Gasteiger partial charge in [-0.25, -0.2) is 0 Å². The molecule has 0 radical (unpaired) electrons. The molecule has 1 nitrogen and oxygen atoms in total. The number of methoxy groups -OCH3 is 1. The first-order valence-corrected chi connectivity index (χ1v) is 9.34. The SMILES string of the molecule is CCCCCCCCC(c1ccccc1)C(CC)(CC)OC. The van der Waals surface area contributed by atoms with Crippen molar-refractivity contribution in [2.75, 3.05) is 7.11 Å². The third-order valence-corrected chi connectivity index (χ3v) is 5.29. The van der Waals surface area contributed by atoms with E-state index in [1.165, 1.54) is 50.5 Å². The Morgan fingerprint density at radius 1 is 0.864 bits per heavy atom. The molecule has 1 heteroatoms. The molecule has 0 bridgehead atoms. The summed E-state index contributed by atoms with van der Waals surface area (Å²) in [6, 6.07) is 11.0. The normalized spacial score (nSPS) is 13.3. The number of ether oxygens (including phenoxy) is 1. The van der Waals surface area contributed by atoms with Crippen molar-refractivity contribution < 1.29 is 4.74 Å². The van der Waals surface area contributed by atoms with E-state index in [2.05, 4.69) is 51.1 Å². The smallest absolute Gasteiger partial charge is 0.0741 e. The first kappa shape index (κ1) is 19.2. The maximum absolute atomic E-state index is 6.05. The van der Waals surface area contributed by atoms with Crippen LogP contribution >= 0.6 is 0 Å². The van der Waals surface area contributed by atoms with Crippen molar-refractivity contribution in [1.82, 2.24) is 0 Å². The molecular formula is C21H36O. The van der Waals surface area contributed by atoms with Crippen LogP contribution in [0.4, 0.5) is 0 Å². The average Bonchev–Trinajstić information content (AvgIpc) is 2.58. The molecule has 1 aromatic rings. The fourth-order valence-electron chi connectivity index (χ4n) is 3.72. The zero-order chi connectivity index (χ0) is 16.3. The summed E-state index contributed by atoms with van der Waals surface area (Å²) >= 11 is 0. The molecule has 0 aliphatic rings. The molecule has 1 unspecified atom stereocenters. The predicted molar refractivity (Wildman–Crippen MR) is 97.5 cm³/mol. The van der Waals surface area contributed by atoms with Crippen molar-refractivity contribution in [1.29, 1.82) is 0 Å². The molecule has 126 valence electrons. The highest BCUT2D eigenvalue weighted by Gasteiger charge is 2.36. The summed E-state index contributed by atoms with van der Waals surface area (Å²) in [7, 11) is 1.89. The van der Waals surface area contributed by atoms with Crippen molar-refractivity contribution >= 4 is 0 Å². The topological polar surface area (TPSA) is 9.23 Å². The number of hydrogen-bond acceptors (Lipinski definition) is 1. The Morgan fingerprint density at radius 2 is 1.45 bits per heavy atom. The van der Waals surface area contributed by atoms with Crippen LogP contribution in [0.1, 0.15) is 90.0 Å². The Kier molecular flexibility index (Phi) is 9.47. The van der Waals surface area contributed by atoms with Crippen molar-refractivity contribution in [2.45, 2.75) is 90.1 Å². The monoisotopic (exact) mass is 304 g/mol. The van der Waals surface area contributed by atoms with Crippen LogP contribution in [0.2, 0.25) is 0 Å². The van der Waals surface area contributed by atoms with Gasteiger partial charge in [0.2, 0.25) is 0 Å². The average molecular weight is 305 g/mol. The molecule has 1 rings (SSSR count). The van der Waals surface area contributed by atoms with Crippen LogP contribution in [0.15, 0.2) is 30.3 Å². The van der Waals surface area contributed by atoms with Crippen molar-refractivity contribution in [2.24, 2.45) is 0 Å². The highest BCUT2D eigenvalue weighted by molar-refractivity contribution is 5.23.